The Morgan fingerprint density at radius 3 is 3.00 bits per heavy atom. The van der Waals surface area contributed by atoms with Gasteiger partial charge in [0.2, 0.25) is 0 Å². The van der Waals surface area contributed by atoms with Gasteiger partial charge in [-0.1, -0.05) is 6.08 Å². The normalized spacial score (nSPS) is 28.1. The molecule has 2 rings (SSSR count). The van der Waals surface area contributed by atoms with Crippen LogP contribution in [0, 0.1) is 0 Å². The van der Waals surface area contributed by atoms with Crippen molar-refractivity contribution in [2.24, 2.45) is 4.99 Å². The molecule has 0 aromatic rings. The van der Waals surface area contributed by atoms with E-state index < -0.39 is 5.97 Å². The molecule has 2 aliphatic rings. The van der Waals surface area contributed by atoms with Gasteiger partial charge in [0, 0.05) is 43.3 Å². The molecule has 6 nitrogen and oxygen atoms in total. The second-order valence-corrected chi connectivity index (χ2v) is 5.57. The van der Waals surface area contributed by atoms with Crippen molar-refractivity contribution in [2.75, 3.05) is 19.6 Å². The van der Waals surface area contributed by atoms with E-state index in [2.05, 4.69) is 27.5 Å². The molecule has 0 aromatic carbocycles. The van der Waals surface area contributed by atoms with Gasteiger partial charge in [0.25, 0.3) is 0 Å². The van der Waals surface area contributed by atoms with Crippen molar-refractivity contribution in [3.8, 4) is 0 Å². The lowest BCUT2D eigenvalue weighted by molar-refractivity contribution is -0.132. The minimum Gasteiger partial charge on any atom is -0.478 e. The molecule has 0 amide bonds. The fraction of sp³-hybridized carbons (Fsp3) is 0.500. The van der Waals surface area contributed by atoms with Gasteiger partial charge in [0.1, 0.15) is 0 Å². The van der Waals surface area contributed by atoms with Gasteiger partial charge in [-0.05, 0) is 0 Å². The Kier molecular flexibility index (Phi) is 5.00. The Hall–Kier alpha value is -1.31. The Bertz CT molecular complexity index is 405. The molecular formula is C12H18N4O2S. The summed E-state index contributed by atoms with van der Waals surface area (Å²) in [7, 11) is 0. The number of rotatable bonds is 5. The average molecular weight is 282 g/mol. The maximum atomic E-state index is 10.7. The zero-order chi connectivity index (χ0) is 13.7. The number of aliphatic carboxylic acids is 1. The number of carbonyl (C=O) groups is 1. The quantitative estimate of drug-likeness (QED) is 0.521. The van der Waals surface area contributed by atoms with Crippen molar-refractivity contribution in [2.45, 2.75) is 16.8 Å². The van der Waals surface area contributed by atoms with Crippen molar-refractivity contribution in [3.05, 3.63) is 24.4 Å². The Balaban J connectivity index is 1.88. The molecule has 3 atom stereocenters. The third-order valence-electron chi connectivity index (χ3n) is 2.96. The van der Waals surface area contributed by atoms with Crippen LogP contribution in [0.3, 0.4) is 0 Å². The zero-order valence-corrected chi connectivity index (χ0v) is 11.3. The highest BCUT2D eigenvalue weighted by atomic mass is 32.2. The number of carboxylic acids is 1. The van der Waals surface area contributed by atoms with Crippen molar-refractivity contribution in [1.29, 1.82) is 0 Å². The zero-order valence-electron chi connectivity index (χ0n) is 10.5. The molecule has 7 heteroatoms. The molecule has 1 fully saturated rings. The first-order chi connectivity index (χ1) is 9.20. The van der Waals surface area contributed by atoms with Gasteiger partial charge in [-0.25, -0.2) is 4.79 Å². The first-order valence-corrected chi connectivity index (χ1v) is 7.10. The molecule has 1 saturated heterocycles. The molecule has 0 spiro atoms. The van der Waals surface area contributed by atoms with E-state index in [1.54, 1.807) is 11.8 Å². The molecule has 19 heavy (non-hydrogen) atoms. The van der Waals surface area contributed by atoms with Crippen LogP contribution >= 0.6 is 11.8 Å². The van der Waals surface area contributed by atoms with E-state index in [1.165, 1.54) is 12.4 Å². The van der Waals surface area contributed by atoms with E-state index >= 15 is 0 Å². The number of aliphatic imine (C=N–C) groups is 1. The molecule has 0 aromatic heterocycles. The molecule has 2 heterocycles. The number of nitrogens with one attached hydrogen (secondary N) is 3. The van der Waals surface area contributed by atoms with Crippen LogP contribution in [0.15, 0.2) is 29.4 Å². The van der Waals surface area contributed by atoms with E-state index in [4.69, 9.17) is 5.11 Å². The number of carboxylic acid groups (broad SMARTS) is 1. The molecule has 104 valence electrons. The number of hydrogen-bond donors (Lipinski definition) is 4. The third-order valence-corrected chi connectivity index (χ3v) is 4.32. The van der Waals surface area contributed by atoms with Gasteiger partial charge in [0.15, 0.2) is 5.50 Å². The van der Waals surface area contributed by atoms with Crippen LogP contribution in [-0.2, 0) is 4.79 Å². The summed E-state index contributed by atoms with van der Waals surface area (Å²) in [6.45, 7) is 6.69. The van der Waals surface area contributed by atoms with Gasteiger partial charge in [-0.3, -0.25) is 4.99 Å². The Morgan fingerprint density at radius 1 is 1.63 bits per heavy atom. The molecule has 0 radical (unpaired) electrons. The summed E-state index contributed by atoms with van der Waals surface area (Å²) in [6.07, 6.45) is 4.78. The summed E-state index contributed by atoms with van der Waals surface area (Å²) < 4.78 is 0. The van der Waals surface area contributed by atoms with Crippen LogP contribution in [0.4, 0.5) is 0 Å². The lowest BCUT2D eigenvalue weighted by Gasteiger charge is -2.31. The Labute approximate surface area is 116 Å². The van der Waals surface area contributed by atoms with Gasteiger partial charge < -0.3 is 21.1 Å². The van der Waals surface area contributed by atoms with Gasteiger partial charge >= 0.3 is 5.97 Å². The van der Waals surface area contributed by atoms with Crippen LogP contribution in [0.2, 0.25) is 0 Å². The highest BCUT2D eigenvalue weighted by Crippen LogP contribution is 2.23. The van der Waals surface area contributed by atoms with Gasteiger partial charge in [0.05, 0.1) is 5.57 Å². The minimum absolute atomic E-state index is 0.171. The lowest BCUT2D eigenvalue weighted by Crippen LogP contribution is -2.53. The smallest absolute Gasteiger partial charge is 0.338 e. The Morgan fingerprint density at radius 2 is 2.47 bits per heavy atom. The van der Waals surface area contributed by atoms with E-state index in [0.717, 1.165) is 19.6 Å². The monoisotopic (exact) mass is 282 g/mol. The molecule has 4 N–H and O–H groups in total. The summed E-state index contributed by atoms with van der Waals surface area (Å²) in [4.78, 5) is 14.9. The summed E-state index contributed by atoms with van der Waals surface area (Å²) in [5.74, 6) is -0.974. The molecule has 0 bridgehead atoms. The number of piperazine rings is 1. The van der Waals surface area contributed by atoms with Crippen molar-refractivity contribution >= 4 is 23.9 Å². The standard InChI is InChI=1S/C12H18N4O2S/c1-2-10(9-7-13-3-4-14-9)19-12-15-5-8(6-16-12)11(17)18/h2,5-6,9-10,12-15H,1,3-4,7H2,(H,17,18). The fourth-order valence-electron chi connectivity index (χ4n) is 1.95. The average Bonchev–Trinajstić information content (AvgIpc) is 2.46. The van der Waals surface area contributed by atoms with Crippen LogP contribution in [-0.4, -0.2) is 53.7 Å². The van der Waals surface area contributed by atoms with Crippen LogP contribution in [0.25, 0.3) is 0 Å². The van der Waals surface area contributed by atoms with Gasteiger partial charge in [-0.2, -0.15) is 0 Å². The van der Waals surface area contributed by atoms with E-state index in [0.29, 0.717) is 6.04 Å². The number of nitrogens with zero attached hydrogens (tertiary/aromatic N) is 1. The molecule has 2 aliphatic heterocycles. The highest BCUT2D eigenvalue weighted by molar-refractivity contribution is 8.00. The second kappa shape index (κ2) is 6.74. The third kappa shape index (κ3) is 3.82. The summed E-state index contributed by atoms with van der Waals surface area (Å²) in [6, 6.07) is 0.318. The number of hydrogen-bond acceptors (Lipinski definition) is 6. The first kappa shape index (κ1) is 14.1. The van der Waals surface area contributed by atoms with E-state index in [9.17, 15) is 4.79 Å². The van der Waals surface area contributed by atoms with E-state index in [-0.39, 0.29) is 16.3 Å². The summed E-state index contributed by atoms with van der Waals surface area (Å²) in [5, 5.41) is 18.8. The van der Waals surface area contributed by atoms with Crippen molar-refractivity contribution in [3.63, 3.8) is 0 Å². The molecular weight excluding hydrogens is 264 g/mol. The second-order valence-electron chi connectivity index (χ2n) is 4.30. The van der Waals surface area contributed by atoms with E-state index in [1.807, 2.05) is 6.08 Å². The maximum absolute atomic E-state index is 10.7. The highest BCUT2D eigenvalue weighted by Gasteiger charge is 2.24. The maximum Gasteiger partial charge on any atom is 0.338 e. The van der Waals surface area contributed by atoms with Crippen LogP contribution < -0.4 is 16.0 Å². The SMILES string of the molecule is C=CC(SC1N=CC(C(=O)O)=CN1)C1CNCCN1. The first-order valence-electron chi connectivity index (χ1n) is 6.15. The van der Waals surface area contributed by atoms with Crippen LogP contribution in [0.5, 0.6) is 0 Å². The van der Waals surface area contributed by atoms with Crippen molar-refractivity contribution in [1.82, 2.24) is 16.0 Å². The van der Waals surface area contributed by atoms with Crippen LogP contribution in [0.1, 0.15) is 0 Å². The minimum atomic E-state index is -0.974. The predicted octanol–water partition coefficient (Wildman–Crippen LogP) is -0.238. The topological polar surface area (TPSA) is 85.8 Å². The molecule has 0 saturated carbocycles. The molecule has 0 aliphatic carbocycles. The van der Waals surface area contributed by atoms with Gasteiger partial charge in [-0.15, -0.1) is 18.3 Å². The van der Waals surface area contributed by atoms with Crippen molar-refractivity contribution < 1.29 is 9.90 Å². The summed E-state index contributed by atoms with van der Waals surface area (Å²) >= 11 is 1.62. The lowest BCUT2D eigenvalue weighted by atomic mass is 10.1. The molecule has 3 unspecified atom stereocenters. The number of thioether (sulfide) groups is 1. The predicted molar refractivity (Wildman–Crippen MR) is 77.4 cm³/mol. The summed E-state index contributed by atoms with van der Waals surface area (Å²) in [5.41, 5.74) is -0.000660. The largest absolute Gasteiger partial charge is 0.478 e. The fourth-order valence-corrected chi connectivity index (χ4v) is 3.02.